The predicted molar refractivity (Wildman–Crippen MR) is 68.3 cm³/mol. The Morgan fingerprint density at radius 1 is 1.44 bits per heavy atom. The zero-order valence-electron chi connectivity index (χ0n) is 10.0. The van der Waals surface area contributed by atoms with Crippen molar-refractivity contribution in [2.75, 3.05) is 25.7 Å². The average Bonchev–Trinajstić information content (AvgIpc) is 2.28. The van der Waals surface area contributed by atoms with Crippen molar-refractivity contribution in [3.05, 3.63) is 29.8 Å². The van der Waals surface area contributed by atoms with Gasteiger partial charge in [0.25, 0.3) is 0 Å². The van der Waals surface area contributed by atoms with Crippen LogP contribution in [0.1, 0.15) is 18.5 Å². The molecule has 2 unspecified atom stereocenters. The first-order valence-corrected chi connectivity index (χ1v) is 7.08. The fourth-order valence-electron chi connectivity index (χ4n) is 1.69. The van der Waals surface area contributed by atoms with E-state index in [4.69, 9.17) is 4.74 Å². The Bertz CT molecular complexity index is 355. The zero-order valence-corrected chi connectivity index (χ0v) is 10.8. The van der Waals surface area contributed by atoms with Gasteiger partial charge in [-0.15, -0.1) is 0 Å². The molecule has 16 heavy (non-hydrogen) atoms. The van der Waals surface area contributed by atoms with Crippen LogP contribution in [0.5, 0.6) is 5.75 Å². The molecule has 0 bridgehead atoms. The van der Waals surface area contributed by atoms with Crippen molar-refractivity contribution in [2.24, 2.45) is 0 Å². The van der Waals surface area contributed by atoms with Crippen LogP contribution in [0.2, 0.25) is 0 Å². The average molecular weight is 241 g/mol. The largest absolute Gasteiger partial charge is 0.496 e. The molecule has 0 heterocycles. The van der Waals surface area contributed by atoms with E-state index in [9.17, 15) is 4.21 Å². The Kier molecular flexibility index (Phi) is 5.49. The molecule has 3 nitrogen and oxygen atoms in total. The number of para-hydroxylation sites is 1. The summed E-state index contributed by atoms with van der Waals surface area (Å²) >= 11 is 0. The van der Waals surface area contributed by atoms with Gasteiger partial charge in [0.15, 0.2) is 0 Å². The first-order valence-electron chi connectivity index (χ1n) is 5.35. The molecule has 2 atom stereocenters. The van der Waals surface area contributed by atoms with Gasteiger partial charge in [-0.25, -0.2) is 0 Å². The molecule has 1 N–H and O–H groups in total. The molecule has 0 saturated carbocycles. The van der Waals surface area contributed by atoms with Gasteiger partial charge in [0.1, 0.15) is 5.75 Å². The second-order valence-electron chi connectivity index (χ2n) is 3.59. The van der Waals surface area contributed by atoms with Crippen LogP contribution in [-0.4, -0.2) is 29.9 Å². The second kappa shape index (κ2) is 6.66. The summed E-state index contributed by atoms with van der Waals surface area (Å²) < 4.78 is 16.6. The summed E-state index contributed by atoms with van der Waals surface area (Å²) in [5, 5.41) is 3.33. The van der Waals surface area contributed by atoms with E-state index in [1.807, 2.05) is 31.2 Å². The van der Waals surface area contributed by atoms with Crippen LogP contribution < -0.4 is 10.1 Å². The first kappa shape index (κ1) is 13.2. The maximum Gasteiger partial charge on any atom is 0.123 e. The van der Waals surface area contributed by atoms with Crippen LogP contribution >= 0.6 is 0 Å². The van der Waals surface area contributed by atoms with E-state index in [-0.39, 0.29) is 6.04 Å². The molecular formula is C12H19NO2S. The molecule has 0 aliphatic rings. The van der Waals surface area contributed by atoms with Crippen molar-refractivity contribution < 1.29 is 8.95 Å². The third-order valence-corrected chi connectivity index (χ3v) is 3.17. The lowest BCUT2D eigenvalue weighted by Gasteiger charge is -2.19. The summed E-state index contributed by atoms with van der Waals surface area (Å²) in [6.07, 6.45) is 1.72. The summed E-state index contributed by atoms with van der Waals surface area (Å²) in [5.41, 5.74) is 1.07. The SMILES string of the molecule is CCNC(CS(C)=O)c1ccccc1OC. The van der Waals surface area contributed by atoms with Crippen LogP contribution in [0.15, 0.2) is 24.3 Å². The molecule has 0 aliphatic carbocycles. The number of ether oxygens (including phenoxy) is 1. The van der Waals surface area contributed by atoms with Gasteiger partial charge >= 0.3 is 0 Å². The molecule has 0 amide bonds. The van der Waals surface area contributed by atoms with E-state index in [1.165, 1.54) is 0 Å². The monoisotopic (exact) mass is 241 g/mol. The maximum absolute atomic E-state index is 11.3. The van der Waals surface area contributed by atoms with E-state index in [1.54, 1.807) is 13.4 Å². The molecule has 0 aliphatic heterocycles. The van der Waals surface area contributed by atoms with Crippen molar-refractivity contribution in [3.63, 3.8) is 0 Å². The summed E-state index contributed by atoms with van der Waals surface area (Å²) in [6, 6.07) is 7.94. The van der Waals surface area contributed by atoms with Crippen LogP contribution in [0.3, 0.4) is 0 Å². The van der Waals surface area contributed by atoms with E-state index in [0.717, 1.165) is 17.9 Å². The highest BCUT2D eigenvalue weighted by Crippen LogP contribution is 2.25. The summed E-state index contributed by atoms with van der Waals surface area (Å²) in [4.78, 5) is 0. The molecule has 0 spiro atoms. The first-order chi connectivity index (χ1) is 7.69. The van der Waals surface area contributed by atoms with Gasteiger partial charge in [0.2, 0.25) is 0 Å². The minimum atomic E-state index is -0.826. The normalized spacial score (nSPS) is 14.4. The Morgan fingerprint density at radius 2 is 2.12 bits per heavy atom. The maximum atomic E-state index is 11.3. The fraction of sp³-hybridized carbons (Fsp3) is 0.500. The molecule has 1 rings (SSSR count). The smallest absolute Gasteiger partial charge is 0.123 e. The fourth-order valence-corrected chi connectivity index (χ4v) is 2.46. The minimum Gasteiger partial charge on any atom is -0.496 e. The van der Waals surface area contributed by atoms with Crippen LogP contribution in [0.4, 0.5) is 0 Å². The number of hydrogen-bond acceptors (Lipinski definition) is 3. The van der Waals surface area contributed by atoms with Crippen molar-refractivity contribution in [1.82, 2.24) is 5.32 Å². The van der Waals surface area contributed by atoms with E-state index >= 15 is 0 Å². The topological polar surface area (TPSA) is 38.3 Å². The summed E-state index contributed by atoms with van der Waals surface area (Å²) in [7, 11) is 0.832. The molecule has 0 radical (unpaired) electrons. The van der Waals surface area contributed by atoms with Crippen molar-refractivity contribution >= 4 is 10.8 Å². The van der Waals surface area contributed by atoms with Gasteiger partial charge in [0.05, 0.1) is 7.11 Å². The van der Waals surface area contributed by atoms with Crippen molar-refractivity contribution in [3.8, 4) is 5.75 Å². The number of nitrogens with one attached hydrogen (secondary N) is 1. The lowest BCUT2D eigenvalue weighted by Crippen LogP contribution is -2.26. The minimum absolute atomic E-state index is 0.0898. The van der Waals surface area contributed by atoms with E-state index in [2.05, 4.69) is 5.32 Å². The van der Waals surface area contributed by atoms with Crippen LogP contribution in [-0.2, 0) is 10.8 Å². The van der Waals surface area contributed by atoms with E-state index in [0.29, 0.717) is 5.75 Å². The van der Waals surface area contributed by atoms with Crippen LogP contribution in [0.25, 0.3) is 0 Å². The molecule has 1 aromatic rings. The Hall–Kier alpha value is -0.870. The third-order valence-electron chi connectivity index (χ3n) is 2.37. The summed E-state index contributed by atoms with van der Waals surface area (Å²) in [5.74, 6) is 1.45. The quantitative estimate of drug-likeness (QED) is 0.824. The highest BCUT2D eigenvalue weighted by molar-refractivity contribution is 7.84. The Labute approximate surface area is 99.7 Å². The molecule has 1 aromatic carbocycles. The predicted octanol–water partition coefficient (Wildman–Crippen LogP) is 1.72. The second-order valence-corrected chi connectivity index (χ2v) is 5.07. The molecular weight excluding hydrogens is 222 g/mol. The van der Waals surface area contributed by atoms with Gasteiger partial charge in [-0.3, -0.25) is 4.21 Å². The van der Waals surface area contributed by atoms with Crippen molar-refractivity contribution in [2.45, 2.75) is 13.0 Å². The highest BCUT2D eigenvalue weighted by atomic mass is 32.2. The summed E-state index contributed by atoms with van der Waals surface area (Å²) in [6.45, 7) is 2.89. The lowest BCUT2D eigenvalue weighted by atomic mass is 10.1. The number of methoxy groups -OCH3 is 1. The van der Waals surface area contributed by atoms with Gasteiger partial charge in [-0.2, -0.15) is 0 Å². The van der Waals surface area contributed by atoms with Gasteiger partial charge in [0, 0.05) is 34.4 Å². The number of benzene rings is 1. The van der Waals surface area contributed by atoms with E-state index < -0.39 is 10.8 Å². The zero-order chi connectivity index (χ0) is 12.0. The third kappa shape index (κ3) is 3.61. The Balaban J connectivity index is 2.94. The van der Waals surface area contributed by atoms with Crippen molar-refractivity contribution in [1.29, 1.82) is 0 Å². The van der Waals surface area contributed by atoms with Gasteiger partial charge < -0.3 is 10.1 Å². The lowest BCUT2D eigenvalue weighted by molar-refractivity contribution is 0.403. The van der Waals surface area contributed by atoms with Gasteiger partial charge in [-0.1, -0.05) is 25.1 Å². The number of rotatable bonds is 6. The Morgan fingerprint density at radius 3 is 2.69 bits per heavy atom. The van der Waals surface area contributed by atoms with Crippen LogP contribution in [0, 0.1) is 0 Å². The molecule has 90 valence electrons. The molecule has 0 saturated heterocycles. The number of hydrogen-bond donors (Lipinski definition) is 1. The molecule has 4 heteroatoms. The molecule has 0 aromatic heterocycles. The van der Waals surface area contributed by atoms with Gasteiger partial charge in [-0.05, 0) is 12.6 Å². The molecule has 0 fully saturated rings. The highest BCUT2D eigenvalue weighted by Gasteiger charge is 2.15. The standard InChI is InChI=1S/C12H19NO2S/c1-4-13-11(9-16(3)14)10-7-5-6-8-12(10)15-2/h5-8,11,13H,4,9H2,1-3H3.